The van der Waals surface area contributed by atoms with Gasteiger partial charge in [0.25, 0.3) is 0 Å². The lowest BCUT2D eigenvalue weighted by molar-refractivity contribution is -0.113. The van der Waals surface area contributed by atoms with E-state index in [0.29, 0.717) is 21.7 Å². The van der Waals surface area contributed by atoms with E-state index in [9.17, 15) is 13.2 Å². The smallest absolute Gasteiger partial charge is 0.168 e. The standard InChI is InChI=1S/C8H5Cl2F3S/c9-5-1-3-6(4-2-5)14-7(10)8(11,12)13/h1-4,7H. The van der Waals surface area contributed by atoms with Crippen LogP contribution in [0.5, 0.6) is 0 Å². The minimum absolute atomic E-state index is 0.437. The normalized spacial score (nSPS) is 14.1. The maximum absolute atomic E-state index is 12.0. The zero-order chi connectivity index (χ0) is 10.8. The molecule has 0 bridgehead atoms. The van der Waals surface area contributed by atoms with E-state index in [1.54, 1.807) is 0 Å². The SMILES string of the molecule is FC(F)(F)C(Cl)Sc1ccc(Cl)cc1. The van der Waals surface area contributed by atoms with Crippen LogP contribution >= 0.6 is 35.0 Å². The molecule has 14 heavy (non-hydrogen) atoms. The zero-order valence-corrected chi connectivity index (χ0v) is 9.01. The van der Waals surface area contributed by atoms with Crippen LogP contribution < -0.4 is 0 Å². The van der Waals surface area contributed by atoms with Crippen LogP contribution in [-0.2, 0) is 0 Å². The Bertz CT molecular complexity index is 296. The molecule has 0 spiro atoms. The molecule has 0 N–H and O–H groups in total. The molecule has 0 aromatic heterocycles. The molecule has 0 saturated heterocycles. The lowest BCUT2D eigenvalue weighted by Crippen LogP contribution is -2.19. The highest BCUT2D eigenvalue weighted by Gasteiger charge is 2.38. The van der Waals surface area contributed by atoms with Crippen LogP contribution in [-0.4, -0.2) is 10.9 Å². The topological polar surface area (TPSA) is 0 Å². The van der Waals surface area contributed by atoms with Crippen LogP contribution in [0.2, 0.25) is 5.02 Å². The molecule has 0 aliphatic carbocycles. The van der Waals surface area contributed by atoms with Crippen LogP contribution in [0.25, 0.3) is 0 Å². The van der Waals surface area contributed by atoms with E-state index < -0.39 is 10.9 Å². The number of benzene rings is 1. The highest BCUT2D eigenvalue weighted by molar-refractivity contribution is 8.01. The van der Waals surface area contributed by atoms with Gasteiger partial charge in [0.2, 0.25) is 0 Å². The lowest BCUT2D eigenvalue weighted by Gasteiger charge is -2.12. The Hall–Kier alpha value is -0.0600. The molecule has 0 saturated carbocycles. The van der Waals surface area contributed by atoms with Crippen LogP contribution in [0.3, 0.4) is 0 Å². The lowest BCUT2D eigenvalue weighted by atomic mass is 10.4. The van der Waals surface area contributed by atoms with E-state index in [1.165, 1.54) is 24.3 Å². The molecule has 0 aliphatic rings. The predicted molar refractivity (Wildman–Crippen MR) is 53.0 cm³/mol. The minimum atomic E-state index is -4.40. The average molecular weight is 261 g/mol. The van der Waals surface area contributed by atoms with E-state index >= 15 is 0 Å². The molecule has 0 amide bonds. The van der Waals surface area contributed by atoms with Gasteiger partial charge in [-0.3, -0.25) is 0 Å². The second kappa shape index (κ2) is 4.64. The second-order valence-electron chi connectivity index (χ2n) is 2.43. The van der Waals surface area contributed by atoms with Gasteiger partial charge >= 0.3 is 6.18 Å². The van der Waals surface area contributed by atoms with Crippen molar-refractivity contribution in [3.05, 3.63) is 29.3 Å². The van der Waals surface area contributed by atoms with E-state index in [0.717, 1.165) is 0 Å². The number of alkyl halides is 4. The summed E-state index contributed by atoms with van der Waals surface area (Å²) in [5, 5.41) is 0.479. The summed E-state index contributed by atoms with van der Waals surface area (Å²) < 4.78 is 34.2. The largest absolute Gasteiger partial charge is 0.414 e. The Morgan fingerprint density at radius 1 is 1.14 bits per heavy atom. The molecular formula is C8H5Cl2F3S. The molecule has 0 fully saturated rings. The highest BCUT2D eigenvalue weighted by atomic mass is 35.5. The Morgan fingerprint density at radius 3 is 2.07 bits per heavy atom. The Morgan fingerprint density at radius 2 is 1.64 bits per heavy atom. The summed E-state index contributed by atoms with van der Waals surface area (Å²) in [7, 11) is 0. The first-order valence-electron chi connectivity index (χ1n) is 3.52. The van der Waals surface area contributed by atoms with Crippen molar-refractivity contribution in [1.82, 2.24) is 0 Å². The third-order valence-corrected chi connectivity index (χ3v) is 3.10. The quantitative estimate of drug-likeness (QED) is 0.555. The molecule has 6 heteroatoms. The number of rotatable bonds is 2. The molecule has 1 unspecified atom stereocenters. The molecule has 0 nitrogen and oxygen atoms in total. The molecule has 78 valence electrons. The molecule has 1 aromatic rings. The summed E-state index contributed by atoms with van der Waals surface area (Å²) in [5.41, 5.74) is 0. The van der Waals surface area contributed by atoms with E-state index in [1.807, 2.05) is 0 Å². The summed E-state index contributed by atoms with van der Waals surface area (Å²) in [4.78, 5) is 0.437. The third-order valence-electron chi connectivity index (χ3n) is 1.31. The second-order valence-corrected chi connectivity index (χ2v) is 4.74. The van der Waals surface area contributed by atoms with Crippen molar-refractivity contribution in [2.45, 2.75) is 15.8 Å². The van der Waals surface area contributed by atoms with Crippen molar-refractivity contribution in [1.29, 1.82) is 0 Å². The fourth-order valence-electron chi connectivity index (χ4n) is 0.699. The highest BCUT2D eigenvalue weighted by Crippen LogP contribution is 2.37. The molecule has 1 rings (SSSR count). The molecule has 0 heterocycles. The van der Waals surface area contributed by atoms with Crippen molar-refractivity contribution in [2.75, 3.05) is 0 Å². The van der Waals surface area contributed by atoms with Gasteiger partial charge in [-0.1, -0.05) is 23.4 Å². The van der Waals surface area contributed by atoms with Crippen molar-refractivity contribution in [3.8, 4) is 0 Å². The van der Waals surface area contributed by atoms with Gasteiger partial charge in [-0.05, 0) is 24.3 Å². The van der Waals surface area contributed by atoms with Crippen molar-refractivity contribution in [2.24, 2.45) is 0 Å². The molecule has 1 atom stereocenters. The van der Waals surface area contributed by atoms with Gasteiger partial charge in [0.1, 0.15) is 0 Å². The van der Waals surface area contributed by atoms with Gasteiger partial charge in [0.05, 0.1) is 0 Å². The van der Waals surface area contributed by atoms with Gasteiger partial charge in [0, 0.05) is 9.92 Å². The average Bonchev–Trinajstić information content (AvgIpc) is 2.07. The summed E-state index contributed by atoms with van der Waals surface area (Å²) in [6.45, 7) is 0. The summed E-state index contributed by atoms with van der Waals surface area (Å²) in [6, 6.07) is 6.02. The summed E-state index contributed by atoms with van der Waals surface area (Å²) >= 11 is 11.3. The van der Waals surface area contributed by atoms with Crippen LogP contribution in [0.4, 0.5) is 13.2 Å². The van der Waals surface area contributed by atoms with Crippen molar-refractivity contribution in [3.63, 3.8) is 0 Å². The number of hydrogen-bond acceptors (Lipinski definition) is 1. The number of hydrogen-bond donors (Lipinski definition) is 0. The third kappa shape index (κ3) is 3.59. The van der Waals surface area contributed by atoms with Crippen LogP contribution in [0.1, 0.15) is 0 Å². The number of halogens is 5. The van der Waals surface area contributed by atoms with Crippen LogP contribution in [0, 0.1) is 0 Å². The molecule has 0 radical (unpaired) electrons. The Labute approximate surface area is 93.4 Å². The van der Waals surface area contributed by atoms with E-state index in [4.69, 9.17) is 23.2 Å². The van der Waals surface area contributed by atoms with E-state index in [-0.39, 0.29) is 0 Å². The van der Waals surface area contributed by atoms with Gasteiger partial charge in [-0.15, -0.1) is 11.6 Å². The van der Waals surface area contributed by atoms with Gasteiger partial charge in [-0.25, -0.2) is 0 Å². The summed E-state index contributed by atoms with van der Waals surface area (Å²) in [6.07, 6.45) is -4.40. The predicted octanol–water partition coefficient (Wildman–Crippen LogP) is 4.56. The van der Waals surface area contributed by atoms with Gasteiger partial charge in [-0.2, -0.15) is 13.2 Å². The minimum Gasteiger partial charge on any atom is -0.168 e. The fourth-order valence-corrected chi connectivity index (χ4v) is 1.80. The summed E-state index contributed by atoms with van der Waals surface area (Å²) in [5.74, 6) is 0. The first-order chi connectivity index (χ1) is 6.39. The number of thioether (sulfide) groups is 1. The maximum atomic E-state index is 12.0. The molecule has 1 aromatic carbocycles. The maximum Gasteiger partial charge on any atom is 0.414 e. The monoisotopic (exact) mass is 260 g/mol. The van der Waals surface area contributed by atoms with Crippen molar-refractivity contribution >= 4 is 35.0 Å². The zero-order valence-electron chi connectivity index (χ0n) is 6.68. The Balaban J connectivity index is 2.65. The van der Waals surface area contributed by atoms with Crippen molar-refractivity contribution < 1.29 is 13.2 Å². The molecular weight excluding hydrogens is 256 g/mol. The van der Waals surface area contributed by atoms with E-state index in [2.05, 4.69) is 0 Å². The van der Waals surface area contributed by atoms with Gasteiger partial charge < -0.3 is 0 Å². The molecule has 0 aliphatic heterocycles. The van der Waals surface area contributed by atoms with Crippen LogP contribution in [0.15, 0.2) is 29.2 Å². The fraction of sp³-hybridized carbons (Fsp3) is 0.250. The first-order valence-corrected chi connectivity index (χ1v) is 5.22. The first kappa shape index (κ1) is 12.0. The Kier molecular flexibility index (Phi) is 3.98. The van der Waals surface area contributed by atoms with Gasteiger partial charge in [0.15, 0.2) is 4.71 Å².